The summed E-state index contributed by atoms with van der Waals surface area (Å²) in [4.78, 5) is 11.7. The summed E-state index contributed by atoms with van der Waals surface area (Å²) in [5.41, 5.74) is 3.11. The number of rotatable bonds is 4. The molecule has 3 heterocycles. The summed E-state index contributed by atoms with van der Waals surface area (Å²) >= 11 is 5.35. The Hall–Kier alpha value is -2.80. The highest BCUT2D eigenvalue weighted by molar-refractivity contribution is 7.71. The molecule has 0 aliphatic rings. The summed E-state index contributed by atoms with van der Waals surface area (Å²) in [5.74, 6) is 0.711. The molecule has 2 N–H and O–H groups in total. The molecule has 0 saturated carbocycles. The summed E-state index contributed by atoms with van der Waals surface area (Å²) in [6.07, 6.45) is 7.88. The number of hydrogen-bond donors (Lipinski definition) is 2. The lowest BCUT2D eigenvalue weighted by Crippen LogP contribution is -2.04. The highest BCUT2D eigenvalue weighted by atomic mass is 32.1. The first kappa shape index (κ1) is 13.8. The number of aromatic nitrogens is 6. The quantitative estimate of drug-likeness (QED) is 0.566. The number of nitrogens with one attached hydrogen (secondary N) is 2. The molecule has 4 rings (SSSR count). The Morgan fingerprint density at radius 1 is 1.17 bits per heavy atom. The van der Waals surface area contributed by atoms with Gasteiger partial charge in [-0.05, 0) is 30.3 Å². The molecule has 0 saturated heterocycles. The van der Waals surface area contributed by atoms with Crippen LogP contribution in [0.2, 0.25) is 0 Å². The van der Waals surface area contributed by atoms with Gasteiger partial charge in [-0.2, -0.15) is 5.10 Å². The second kappa shape index (κ2) is 5.77. The lowest BCUT2D eigenvalue weighted by Gasteiger charge is -2.05. The maximum Gasteiger partial charge on any atom is 0.195 e. The van der Waals surface area contributed by atoms with Crippen molar-refractivity contribution in [3.63, 3.8) is 0 Å². The minimum absolute atomic E-state index is 0.588. The number of aromatic amines is 2. The molecule has 0 atom stereocenters. The van der Waals surface area contributed by atoms with E-state index in [1.807, 2.05) is 16.7 Å². The molecule has 0 bridgehead atoms. The second-order valence-corrected chi connectivity index (χ2v) is 5.59. The number of aryl methyl sites for hydroxylation is 1. The van der Waals surface area contributed by atoms with Gasteiger partial charge in [-0.15, -0.1) is 0 Å². The molecule has 0 radical (unpaired) electrons. The fourth-order valence-corrected chi connectivity index (χ4v) is 2.93. The first-order chi connectivity index (χ1) is 11.3. The van der Waals surface area contributed by atoms with Gasteiger partial charge in [-0.25, -0.2) is 4.98 Å². The molecule has 7 heteroatoms. The molecule has 0 unspecified atom stereocenters. The molecule has 0 amide bonds. The molecular formula is C16H14N6S. The maximum atomic E-state index is 5.35. The Bertz CT molecular complexity index is 998. The highest BCUT2D eigenvalue weighted by Crippen LogP contribution is 2.20. The van der Waals surface area contributed by atoms with Gasteiger partial charge in [0.05, 0.1) is 6.20 Å². The number of benzene rings is 1. The van der Waals surface area contributed by atoms with E-state index in [1.54, 1.807) is 18.6 Å². The third-order valence-corrected chi connectivity index (χ3v) is 4.14. The summed E-state index contributed by atoms with van der Waals surface area (Å²) < 4.78 is 2.55. The molecule has 0 fully saturated rings. The van der Waals surface area contributed by atoms with E-state index in [2.05, 4.69) is 43.5 Å². The van der Waals surface area contributed by atoms with Crippen LogP contribution in [-0.4, -0.2) is 29.7 Å². The molecule has 0 aliphatic heterocycles. The SMILES string of the molecule is S=c1[nH]nc(-c2cnccn2)n1CCc1c[nH]c2ccccc12. The first-order valence-electron chi connectivity index (χ1n) is 7.29. The van der Waals surface area contributed by atoms with Crippen molar-refractivity contribution in [2.75, 3.05) is 0 Å². The van der Waals surface area contributed by atoms with Crippen molar-refractivity contribution in [2.24, 2.45) is 0 Å². The van der Waals surface area contributed by atoms with Crippen LogP contribution in [0.3, 0.4) is 0 Å². The maximum absolute atomic E-state index is 5.35. The van der Waals surface area contributed by atoms with Gasteiger partial charge in [0.1, 0.15) is 5.69 Å². The topological polar surface area (TPSA) is 75.2 Å². The van der Waals surface area contributed by atoms with Crippen LogP contribution in [0.4, 0.5) is 0 Å². The van der Waals surface area contributed by atoms with Crippen LogP contribution in [0.25, 0.3) is 22.4 Å². The number of nitrogens with zero attached hydrogens (tertiary/aromatic N) is 4. The third-order valence-electron chi connectivity index (χ3n) is 3.83. The lowest BCUT2D eigenvalue weighted by molar-refractivity contribution is 0.692. The minimum atomic E-state index is 0.588. The van der Waals surface area contributed by atoms with Crippen LogP contribution in [0.1, 0.15) is 5.56 Å². The van der Waals surface area contributed by atoms with E-state index in [-0.39, 0.29) is 0 Å². The van der Waals surface area contributed by atoms with Crippen LogP contribution >= 0.6 is 12.2 Å². The van der Waals surface area contributed by atoms with Crippen molar-refractivity contribution in [2.45, 2.75) is 13.0 Å². The van der Waals surface area contributed by atoms with Crippen molar-refractivity contribution < 1.29 is 0 Å². The van der Waals surface area contributed by atoms with Crippen molar-refractivity contribution in [1.82, 2.24) is 29.7 Å². The van der Waals surface area contributed by atoms with E-state index in [9.17, 15) is 0 Å². The van der Waals surface area contributed by atoms with E-state index in [0.29, 0.717) is 16.3 Å². The largest absolute Gasteiger partial charge is 0.361 e. The van der Waals surface area contributed by atoms with Crippen molar-refractivity contribution >= 4 is 23.1 Å². The zero-order valence-corrected chi connectivity index (χ0v) is 13.0. The summed E-state index contributed by atoms with van der Waals surface area (Å²) in [7, 11) is 0. The Morgan fingerprint density at radius 3 is 2.96 bits per heavy atom. The molecule has 4 aromatic rings. The van der Waals surface area contributed by atoms with E-state index in [4.69, 9.17) is 12.2 Å². The predicted octanol–water partition coefficient (Wildman–Crippen LogP) is 3.12. The van der Waals surface area contributed by atoms with Crippen LogP contribution < -0.4 is 0 Å². The smallest absolute Gasteiger partial charge is 0.195 e. The van der Waals surface area contributed by atoms with Crippen molar-refractivity contribution in [3.8, 4) is 11.5 Å². The van der Waals surface area contributed by atoms with E-state index in [1.165, 1.54) is 10.9 Å². The zero-order chi connectivity index (χ0) is 15.6. The van der Waals surface area contributed by atoms with E-state index in [0.717, 1.165) is 18.5 Å². The molecule has 23 heavy (non-hydrogen) atoms. The average molecular weight is 322 g/mol. The van der Waals surface area contributed by atoms with Crippen LogP contribution in [-0.2, 0) is 13.0 Å². The minimum Gasteiger partial charge on any atom is -0.361 e. The normalized spacial score (nSPS) is 11.1. The lowest BCUT2D eigenvalue weighted by atomic mass is 10.1. The Balaban J connectivity index is 1.65. The third kappa shape index (κ3) is 2.55. The number of para-hydroxylation sites is 1. The van der Waals surface area contributed by atoms with Crippen molar-refractivity contribution in [3.05, 3.63) is 59.4 Å². The monoisotopic (exact) mass is 322 g/mol. The van der Waals surface area contributed by atoms with Gasteiger partial charge >= 0.3 is 0 Å². The molecule has 3 aromatic heterocycles. The number of fused-ring (bicyclic) bond motifs is 1. The van der Waals surface area contributed by atoms with Gasteiger partial charge in [0.2, 0.25) is 0 Å². The van der Waals surface area contributed by atoms with Crippen LogP contribution in [0.15, 0.2) is 49.1 Å². The van der Waals surface area contributed by atoms with Gasteiger partial charge in [-0.3, -0.25) is 14.6 Å². The van der Waals surface area contributed by atoms with Crippen LogP contribution in [0, 0.1) is 4.77 Å². The van der Waals surface area contributed by atoms with Crippen molar-refractivity contribution in [1.29, 1.82) is 0 Å². The number of hydrogen-bond acceptors (Lipinski definition) is 4. The summed E-state index contributed by atoms with van der Waals surface area (Å²) in [5, 5.41) is 8.37. The summed E-state index contributed by atoms with van der Waals surface area (Å²) in [6, 6.07) is 8.28. The number of H-pyrrole nitrogens is 2. The second-order valence-electron chi connectivity index (χ2n) is 5.20. The van der Waals surface area contributed by atoms with E-state index >= 15 is 0 Å². The Kier molecular flexibility index (Phi) is 3.47. The summed E-state index contributed by atoms with van der Waals surface area (Å²) in [6.45, 7) is 0.725. The zero-order valence-electron chi connectivity index (χ0n) is 12.2. The van der Waals surface area contributed by atoms with Gasteiger partial charge in [0, 0.05) is 36.0 Å². The molecule has 1 aromatic carbocycles. The molecule has 114 valence electrons. The predicted molar refractivity (Wildman–Crippen MR) is 90.4 cm³/mol. The molecule has 0 spiro atoms. The fourth-order valence-electron chi connectivity index (χ4n) is 2.71. The van der Waals surface area contributed by atoms with Crippen LogP contribution in [0.5, 0.6) is 0 Å². The molecule has 0 aliphatic carbocycles. The van der Waals surface area contributed by atoms with E-state index < -0.39 is 0 Å². The molecular weight excluding hydrogens is 308 g/mol. The van der Waals surface area contributed by atoms with Gasteiger partial charge in [0.25, 0.3) is 0 Å². The molecule has 6 nitrogen and oxygen atoms in total. The van der Waals surface area contributed by atoms with Gasteiger partial charge in [-0.1, -0.05) is 18.2 Å². The first-order valence-corrected chi connectivity index (χ1v) is 7.70. The van der Waals surface area contributed by atoms with Gasteiger partial charge < -0.3 is 4.98 Å². The Labute approximate surface area is 137 Å². The highest BCUT2D eigenvalue weighted by Gasteiger charge is 2.11. The van der Waals surface area contributed by atoms with Gasteiger partial charge in [0.15, 0.2) is 10.6 Å². The Morgan fingerprint density at radius 2 is 2.09 bits per heavy atom. The average Bonchev–Trinajstić information content (AvgIpc) is 3.17. The standard InChI is InChI=1S/C16H14N6S/c23-16-21-20-15(14-10-17-6-7-18-14)22(16)8-5-11-9-19-13-4-2-1-3-12(11)13/h1-4,6-7,9-10,19H,5,8H2,(H,21,23). The fraction of sp³-hybridized carbons (Fsp3) is 0.125.